The Morgan fingerprint density at radius 2 is 1.89 bits per heavy atom. The number of aromatic nitrogens is 2. The third kappa shape index (κ3) is 3.14. The number of halogens is 1. The summed E-state index contributed by atoms with van der Waals surface area (Å²) in [5.41, 5.74) is 13.1. The molecular weight excluding hydrogens is 351 g/mol. The first-order valence-corrected chi connectivity index (χ1v) is 10.3. The summed E-state index contributed by atoms with van der Waals surface area (Å²) in [7, 11) is 0. The smallest absolute Gasteiger partial charge is 0.213 e. The highest BCUT2D eigenvalue weighted by Gasteiger charge is 2.26. The van der Waals surface area contributed by atoms with Crippen molar-refractivity contribution in [2.45, 2.75) is 44.6 Å². The number of hydrogen-bond donors (Lipinski definition) is 1. The Kier molecular flexibility index (Phi) is 4.47. The van der Waals surface area contributed by atoms with Crippen molar-refractivity contribution in [3.05, 3.63) is 53.7 Å². The maximum absolute atomic E-state index is 13.7. The predicted molar refractivity (Wildman–Crippen MR) is 111 cm³/mol. The summed E-state index contributed by atoms with van der Waals surface area (Å²) >= 11 is 0. The van der Waals surface area contributed by atoms with Gasteiger partial charge in [0.25, 0.3) is 0 Å². The number of pyridine rings is 2. The molecule has 2 aliphatic rings. The Morgan fingerprint density at radius 1 is 1.04 bits per heavy atom. The quantitative estimate of drug-likeness (QED) is 0.537. The van der Waals surface area contributed by atoms with Crippen molar-refractivity contribution in [1.29, 1.82) is 0 Å². The molecule has 5 heteroatoms. The van der Waals surface area contributed by atoms with Gasteiger partial charge in [0, 0.05) is 42.5 Å². The molecule has 2 N–H and O–H groups in total. The van der Waals surface area contributed by atoms with Crippen molar-refractivity contribution in [2.24, 2.45) is 5.73 Å². The molecule has 1 unspecified atom stereocenters. The van der Waals surface area contributed by atoms with Crippen LogP contribution in [0.25, 0.3) is 22.0 Å². The highest BCUT2D eigenvalue weighted by Crippen LogP contribution is 2.38. The van der Waals surface area contributed by atoms with Crippen LogP contribution in [0.2, 0.25) is 0 Å². The fourth-order valence-electron chi connectivity index (χ4n) is 4.69. The van der Waals surface area contributed by atoms with Crippen LogP contribution in [0.1, 0.15) is 36.9 Å². The maximum atomic E-state index is 13.7. The molecular formula is C23H25FN4. The van der Waals surface area contributed by atoms with Crippen LogP contribution in [-0.2, 0) is 12.8 Å². The Morgan fingerprint density at radius 3 is 2.71 bits per heavy atom. The van der Waals surface area contributed by atoms with Gasteiger partial charge in [-0.25, -0.2) is 4.98 Å². The van der Waals surface area contributed by atoms with E-state index in [1.54, 1.807) is 0 Å². The van der Waals surface area contributed by atoms with E-state index in [0.29, 0.717) is 0 Å². The first kappa shape index (κ1) is 17.6. The third-order valence-electron chi connectivity index (χ3n) is 6.08. The van der Waals surface area contributed by atoms with Gasteiger partial charge in [0.1, 0.15) is 0 Å². The zero-order valence-corrected chi connectivity index (χ0v) is 16.0. The van der Waals surface area contributed by atoms with Gasteiger partial charge in [-0.3, -0.25) is 4.98 Å². The fraction of sp³-hybridized carbons (Fsp3) is 0.391. The van der Waals surface area contributed by atoms with Gasteiger partial charge in [-0.1, -0.05) is 12.5 Å². The molecule has 0 saturated carbocycles. The first-order chi connectivity index (χ1) is 13.7. The minimum absolute atomic E-state index is 0.224. The van der Waals surface area contributed by atoms with Gasteiger partial charge in [0.2, 0.25) is 5.95 Å². The van der Waals surface area contributed by atoms with Crippen LogP contribution in [-0.4, -0.2) is 29.1 Å². The SMILES string of the molecule is NC1CCN(c2c3c(nc4ccc(-c5ccnc(F)c5)cc24)CCCCC3)C1. The summed E-state index contributed by atoms with van der Waals surface area (Å²) < 4.78 is 13.7. The molecule has 0 spiro atoms. The second-order valence-electron chi connectivity index (χ2n) is 8.04. The predicted octanol–water partition coefficient (Wildman–Crippen LogP) is 4.24. The average Bonchev–Trinajstić information content (AvgIpc) is 2.99. The fourth-order valence-corrected chi connectivity index (χ4v) is 4.69. The lowest BCUT2D eigenvalue weighted by Crippen LogP contribution is -2.27. The minimum atomic E-state index is -0.455. The molecule has 0 amide bonds. The van der Waals surface area contributed by atoms with E-state index >= 15 is 0 Å². The molecule has 2 aromatic heterocycles. The van der Waals surface area contributed by atoms with Gasteiger partial charge in [-0.2, -0.15) is 4.39 Å². The van der Waals surface area contributed by atoms with Gasteiger partial charge in [-0.15, -0.1) is 0 Å². The van der Waals surface area contributed by atoms with Crippen molar-refractivity contribution < 1.29 is 4.39 Å². The number of fused-ring (bicyclic) bond motifs is 2. The molecule has 144 valence electrons. The van der Waals surface area contributed by atoms with Crippen LogP contribution >= 0.6 is 0 Å². The van der Waals surface area contributed by atoms with Crippen molar-refractivity contribution in [3.8, 4) is 11.1 Å². The van der Waals surface area contributed by atoms with Crippen LogP contribution in [0.15, 0.2) is 36.5 Å². The molecule has 0 radical (unpaired) electrons. The number of nitrogens with zero attached hydrogens (tertiary/aromatic N) is 3. The van der Waals surface area contributed by atoms with E-state index in [4.69, 9.17) is 10.7 Å². The molecule has 3 aromatic rings. The Bertz CT molecular complexity index is 1030. The zero-order valence-electron chi connectivity index (χ0n) is 16.0. The lowest BCUT2D eigenvalue weighted by Gasteiger charge is -2.25. The Hall–Kier alpha value is -2.53. The lowest BCUT2D eigenvalue weighted by molar-refractivity contribution is 0.584. The summed E-state index contributed by atoms with van der Waals surface area (Å²) in [6.45, 7) is 1.88. The Labute approximate surface area is 164 Å². The van der Waals surface area contributed by atoms with Crippen LogP contribution in [0.4, 0.5) is 10.1 Å². The number of aryl methyl sites for hydroxylation is 1. The van der Waals surface area contributed by atoms with E-state index in [1.165, 1.54) is 48.5 Å². The zero-order chi connectivity index (χ0) is 19.1. The molecule has 1 atom stereocenters. The number of hydrogen-bond acceptors (Lipinski definition) is 4. The summed E-state index contributed by atoms with van der Waals surface area (Å²) in [6.07, 6.45) is 8.34. The van der Waals surface area contributed by atoms with Gasteiger partial charge < -0.3 is 10.6 Å². The molecule has 1 saturated heterocycles. The minimum Gasteiger partial charge on any atom is -0.369 e. The molecule has 1 aliphatic heterocycles. The van der Waals surface area contributed by atoms with Crippen molar-refractivity contribution >= 4 is 16.6 Å². The van der Waals surface area contributed by atoms with E-state index in [2.05, 4.69) is 22.0 Å². The number of rotatable bonds is 2. The second kappa shape index (κ2) is 7.13. The molecule has 0 bridgehead atoms. The van der Waals surface area contributed by atoms with Crippen molar-refractivity contribution in [2.75, 3.05) is 18.0 Å². The molecule has 1 aliphatic carbocycles. The average molecular weight is 376 g/mol. The molecule has 5 rings (SSSR count). The number of benzene rings is 1. The molecule has 1 fully saturated rings. The molecule has 28 heavy (non-hydrogen) atoms. The summed E-state index contributed by atoms with van der Waals surface area (Å²) in [4.78, 5) is 11.2. The van der Waals surface area contributed by atoms with Crippen molar-refractivity contribution in [1.82, 2.24) is 9.97 Å². The van der Waals surface area contributed by atoms with E-state index < -0.39 is 5.95 Å². The third-order valence-corrected chi connectivity index (χ3v) is 6.08. The largest absolute Gasteiger partial charge is 0.369 e. The first-order valence-electron chi connectivity index (χ1n) is 10.3. The van der Waals surface area contributed by atoms with Gasteiger partial charge in [0.05, 0.1) is 11.2 Å². The second-order valence-corrected chi connectivity index (χ2v) is 8.04. The van der Waals surface area contributed by atoms with Gasteiger partial charge >= 0.3 is 0 Å². The summed E-state index contributed by atoms with van der Waals surface area (Å²) in [5.74, 6) is -0.455. The van der Waals surface area contributed by atoms with Crippen molar-refractivity contribution in [3.63, 3.8) is 0 Å². The number of nitrogens with two attached hydrogens (primary N) is 1. The van der Waals surface area contributed by atoms with Crippen LogP contribution in [0, 0.1) is 5.95 Å². The normalized spacial score (nSPS) is 19.6. The van der Waals surface area contributed by atoms with Crippen LogP contribution in [0.3, 0.4) is 0 Å². The highest BCUT2D eigenvalue weighted by atomic mass is 19.1. The topological polar surface area (TPSA) is 55.0 Å². The molecule has 3 heterocycles. The van der Waals surface area contributed by atoms with Crippen LogP contribution < -0.4 is 10.6 Å². The molecule has 1 aromatic carbocycles. The van der Waals surface area contributed by atoms with Crippen LogP contribution in [0.5, 0.6) is 0 Å². The summed E-state index contributed by atoms with van der Waals surface area (Å²) in [5, 5.41) is 1.16. The lowest BCUT2D eigenvalue weighted by atomic mass is 9.98. The standard InChI is InChI=1S/C23H25FN4/c24-22-13-16(8-10-26-22)15-6-7-21-19(12-15)23(28-11-9-17(25)14-28)18-4-2-1-3-5-20(18)27-21/h6-8,10,12-13,17H,1-5,9,11,14,25H2. The monoisotopic (exact) mass is 376 g/mol. The van der Waals surface area contributed by atoms with E-state index in [0.717, 1.165) is 54.4 Å². The highest BCUT2D eigenvalue weighted by molar-refractivity contribution is 5.97. The molecule has 4 nitrogen and oxygen atoms in total. The van der Waals surface area contributed by atoms with E-state index in [9.17, 15) is 4.39 Å². The Balaban J connectivity index is 1.73. The maximum Gasteiger partial charge on any atom is 0.213 e. The van der Waals surface area contributed by atoms with Gasteiger partial charge in [-0.05, 0) is 67.0 Å². The number of anilines is 1. The van der Waals surface area contributed by atoms with Gasteiger partial charge in [0.15, 0.2) is 0 Å². The van der Waals surface area contributed by atoms with E-state index in [-0.39, 0.29) is 6.04 Å². The summed E-state index contributed by atoms with van der Waals surface area (Å²) in [6, 6.07) is 9.85. The van der Waals surface area contributed by atoms with E-state index in [1.807, 2.05) is 12.1 Å².